The van der Waals surface area contributed by atoms with Gasteiger partial charge in [-0.2, -0.15) is 0 Å². The van der Waals surface area contributed by atoms with E-state index in [2.05, 4.69) is 0 Å². The third kappa shape index (κ3) is 25.4. The van der Waals surface area contributed by atoms with Crippen LogP contribution in [0.2, 0.25) is 0 Å². The number of aliphatic hydroxyl groups is 6. The Balaban J connectivity index is 0.000000182. The Morgan fingerprint density at radius 1 is 0.297 bits per heavy atom. The highest BCUT2D eigenvalue weighted by Crippen LogP contribution is 2.52. The molecule has 6 fully saturated rings. The van der Waals surface area contributed by atoms with E-state index >= 15 is 0 Å². The summed E-state index contributed by atoms with van der Waals surface area (Å²) in [5.41, 5.74) is 8.86. The summed E-state index contributed by atoms with van der Waals surface area (Å²) in [4.78, 5) is 8.79. The molecule has 0 aromatic heterocycles. The second kappa shape index (κ2) is 49.1. The van der Waals surface area contributed by atoms with E-state index in [4.69, 9.17) is 124 Å². The number of hydrogen-bond acceptors (Lipinski definition) is 24. The lowest BCUT2D eigenvalue weighted by atomic mass is 9.79. The van der Waals surface area contributed by atoms with E-state index in [1.54, 1.807) is 62.4 Å². The molecule has 768 valence electrons. The van der Waals surface area contributed by atoms with Gasteiger partial charge in [0.15, 0.2) is 69.0 Å². The van der Waals surface area contributed by atoms with Crippen LogP contribution >= 0.6 is 0 Å². The number of ether oxygens (including phenoxy) is 12. The largest absolute Gasteiger partial charge is 0.493 e. The maximum Gasteiger partial charge on any atom is 0.161 e. The number of hydrogen-bond donors (Lipinski definition) is 6. The molecule has 18 rings (SSSR count). The van der Waals surface area contributed by atoms with Crippen LogP contribution in [0, 0.1) is 70.9 Å². The number of benzene rings is 6. The van der Waals surface area contributed by atoms with Crippen molar-refractivity contribution in [2.45, 2.75) is 271 Å². The quantitative estimate of drug-likeness (QED) is 0.0329. The lowest BCUT2D eigenvalue weighted by Crippen LogP contribution is -2.48. The zero-order valence-corrected chi connectivity index (χ0v) is 82.0. The standard InChI is InChI=1S/6C19H29NO3/c6*1-12(2)7-14-11-20-6-5-13-8-18(22-3)19(23-4)9-15(13)16(20)10-17(14)21/h6*8-9,12,14,16-17,21H,5-7,10-11H2,1-4H3/i2*1D3,4D3,7D2,11D2,12D;10D2,11D2,14D,17D;2*1D3,7D2,11D2,12D;4D3,11D2. The van der Waals surface area contributed by atoms with Gasteiger partial charge in [-0.05, 0) is 326 Å². The summed E-state index contributed by atoms with van der Waals surface area (Å²) in [6, 6.07) is 15.8. The SMILES string of the molecule is [2H]C([2H])([2H])Oc1cc2c(cc1OC)CCN1C2CC(O)C(C([2H])([2H])C([2H])(C)C([2H])([2H])[2H])C1([2H])[2H].[2H]C([2H])([2H])Oc1cc2c(cc1OC)CCN1C2CC(O)C(C([2H])([2H])C([2H])(C)C([2H])([2H])[2H])C1([2H])[2H].[2H]C([2H])([2H])Oc1cc2c(cc1OC)CCN1C2CC(O)C(CC(C)C)C1([2H])[2H].[2H]C1([2H])C(C([2H])([2H])C([2H])(C)C([2H])([2H])[2H])C(O)CC2c3cc(OC)c(OC)cc3CCN21.[2H]C1([2H])C(C([2H])([2H])C([2H])(C)C([2H])([2H])[2H])C(O)CC2c3cc(OC)c(OC)cc3CCN21.[2H]C1([2H])C2c3cc(OC)c(OC)cc3CCN2C([2H])([2H])C([2H])(CC(C)C)C1([2H])O. The molecule has 6 aromatic rings. The number of rotatable bonds is 24. The molecule has 12 aliphatic rings. The third-order valence-corrected chi connectivity index (χ3v) is 27.1. The van der Waals surface area contributed by atoms with E-state index in [1.807, 2.05) is 30.9 Å². The second-order valence-corrected chi connectivity index (χ2v) is 37.3. The molecule has 0 aliphatic carbocycles. The van der Waals surface area contributed by atoms with Crippen LogP contribution in [0.5, 0.6) is 69.0 Å². The molecule has 6 N–H and O–H groups in total. The fraction of sp³-hybridized carbons (Fsp3) is 0.684. The van der Waals surface area contributed by atoms with Crippen molar-refractivity contribution in [3.8, 4) is 69.0 Å². The van der Waals surface area contributed by atoms with Crippen molar-refractivity contribution in [2.24, 2.45) is 70.9 Å². The van der Waals surface area contributed by atoms with Crippen molar-refractivity contribution in [3.05, 3.63) is 140 Å². The van der Waals surface area contributed by atoms with Gasteiger partial charge >= 0.3 is 0 Å². The Kier molecular flexibility index (Phi) is 21.2. The van der Waals surface area contributed by atoms with Crippen LogP contribution < -0.4 is 56.8 Å². The fourth-order valence-corrected chi connectivity index (χ4v) is 20.5. The molecule has 0 spiro atoms. The third-order valence-electron chi connectivity index (χ3n) is 27.1. The van der Waals surface area contributed by atoms with E-state index in [1.165, 1.54) is 101 Å². The lowest BCUT2D eigenvalue weighted by Gasteiger charge is -2.46. The van der Waals surface area contributed by atoms with E-state index in [9.17, 15) is 30.6 Å². The first-order valence-electron chi connectivity index (χ1n) is 71.6. The molecule has 24 nitrogen and oxygen atoms in total. The van der Waals surface area contributed by atoms with Gasteiger partial charge in [0.25, 0.3) is 0 Å². The number of piperidine rings is 6. The van der Waals surface area contributed by atoms with Gasteiger partial charge in [0.1, 0.15) is 0 Å². The van der Waals surface area contributed by atoms with E-state index in [-0.39, 0.29) is 111 Å². The lowest BCUT2D eigenvalue weighted by molar-refractivity contribution is -0.0192. The topological polar surface area (TPSA) is 252 Å². The van der Waals surface area contributed by atoms with Crippen LogP contribution in [0.3, 0.4) is 0 Å². The van der Waals surface area contributed by atoms with Crippen LogP contribution in [-0.4, -0.2) is 260 Å². The van der Waals surface area contributed by atoms with Gasteiger partial charge in [0, 0.05) is 168 Å². The summed E-state index contributed by atoms with van der Waals surface area (Å²) in [6.45, 7) is -13.2. The van der Waals surface area contributed by atoms with Gasteiger partial charge in [0.2, 0.25) is 0 Å². The Morgan fingerprint density at radius 3 is 0.717 bits per heavy atom. The van der Waals surface area contributed by atoms with Crippen molar-refractivity contribution in [3.63, 3.8) is 0 Å². The van der Waals surface area contributed by atoms with E-state index < -0.39 is 245 Å². The molecule has 24 heteroatoms. The predicted octanol–water partition coefficient (Wildman–Crippen LogP) is 18.2. The Hall–Kier alpha value is -7.56. The van der Waals surface area contributed by atoms with Crippen molar-refractivity contribution in [2.75, 3.05) is 163 Å². The Labute approximate surface area is 896 Å². The van der Waals surface area contributed by atoms with Crippen molar-refractivity contribution in [1.82, 2.24) is 29.4 Å². The first-order chi connectivity index (χ1) is 84.9. The number of methoxy groups -OCH3 is 12. The summed E-state index contributed by atoms with van der Waals surface area (Å²) in [5.74, 6) is -16.9. The van der Waals surface area contributed by atoms with Crippen LogP contribution in [0.25, 0.3) is 0 Å². The molecule has 12 aliphatic heterocycles. The molecule has 6 saturated heterocycles. The van der Waals surface area contributed by atoms with Crippen molar-refractivity contribution >= 4 is 0 Å². The smallest absolute Gasteiger partial charge is 0.161 e. The maximum atomic E-state index is 11.1. The summed E-state index contributed by atoms with van der Waals surface area (Å²) in [5, 5.41) is 65.6. The first kappa shape index (κ1) is 59.6. The highest BCUT2D eigenvalue weighted by Gasteiger charge is 2.47. The van der Waals surface area contributed by atoms with Gasteiger partial charge in [-0.3, -0.25) is 29.4 Å². The van der Waals surface area contributed by atoms with Gasteiger partial charge in [-0.15, -0.1) is 0 Å². The summed E-state index contributed by atoms with van der Waals surface area (Å²) >= 11 is 0. The minimum absolute atomic E-state index is 0.00322. The average molecular weight is 1970 g/mol. The van der Waals surface area contributed by atoms with Gasteiger partial charge in [-0.1, -0.05) is 82.8 Å². The molecule has 138 heavy (non-hydrogen) atoms. The van der Waals surface area contributed by atoms with Crippen molar-refractivity contribution in [1.29, 1.82) is 0 Å². The summed E-state index contributed by atoms with van der Waals surface area (Å²) in [7, 11) is 5.05. The number of aliphatic hydroxyl groups excluding tert-OH is 5. The molecule has 0 bridgehead atoms. The molecule has 22 atom stereocenters. The van der Waals surface area contributed by atoms with Crippen LogP contribution in [-0.2, 0) is 38.5 Å². The van der Waals surface area contributed by atoms with Gasteiger partial charge < -0.3 is 87.5 Å². The molecule has 0 amide bonds. The highest BCUT2D eigenvalue weighted by molar-refractivity contribution is 5.55. The minimum atomic E-state index is -3.06. The van der Waals surface area contributed by atoms with Crippen LogP contribution in [0.15, 0.2) is 72.8 Å². The molecular formula is C114H174N6O18. The molecule has 0 saturated carbocycles. The molecule has 6 aromatic carbocycles. The molecule has 22 unspecified atom stereocenters. The highest BCUT2D eigenvalue weighted by atomic mass is 16.5. The molecule has 12 heterocycles. The Bertz CT molecular complexity index is 6920. The van der Waals surface area contributed by atoms with Crippen molar-refractivity contribution < 1.29 is 155 Å². The number of nitrogens with zero attached hydrogens (tertiary/aromatic N) is 6. The zero-order chi connectivity index (χ0) is 142. The molecular weight excluding hydrogens is 1740 g/mol. The van der Waals surface area contributed by atoms with Crippen LogP contribution in [0.4, 0.5) is 0 Å². The average Bonchev–Trinajstić information content (AvgIpc) is 0.662. The monoisotopic (exact) mass is 1960 g/mol. The normalized spacial score (nSPS) is 39.1. The maximum absolute atomic E-state index is 11.1. The summed E-state index contributed by atoms with van der Waals surface area (Å²) < 4.78 is 462. The second-order valence-electron chi connectivity index (χ2n) is 37.3. The Morgan fingerprint density at radius 2 is 0.500 bits per heavy atom. The first-order valence-corrected chi connectivity index (χ1v) is 47.1. The fourth-order valence-electron chi connectivity index (χ4n) is 20.5. The van der Waals surface area contributed by atoms with E-state index in [0.717, 1.165) is 77.8 Å². The predicted molar refractivity (Wildman–Crippen MR) is 547 cm³/mol. The van der Waals surface area contributed by atoms with E-state index in [0.29, 0.717) is 115 Å². The van der Waals surface area contributed by atoms with Gasteiger partial charge in [-0.25, -0.2) is 0 Å². The summed E-state index contributed by atoms with van der Waals surface area (Å²) in [6.07, 6.45) is -20.8. The van der Waals surface area contributed by atoms with Crippen LogP contribution in [0.1, 0.15) is 330 Å². The minimum Gasteiger partial charge on any atom is -0.493 e. The zero-order valence-electron chi connectivity index (χ0n) is 131. The molecule has 0 radical (unpaired) electrons. The van der Waals surface area contributed by atoms with Gasteiger partial charge in [0.05, 0.1) is 135 Å². The number of fused-ring (bicyclic) bond motifs is 18.